The summed E-state index contributed by atoms with van der Waals surface area (Å²) >= 11 is 4.57. The zero-order chi connectivity index (χ0) is 40.0. The van der Waals surface area contributed by atoms with Crippen LogP contribution in [0.4, 0.5) is 0 Å². The molecule has 0 spiro atoms. The van der Waals surface area contributed by atoms with Crippen LogP contribution in [0.1, 0.15) is 245 Å². The summed E-state index contributed by atoms with van der Waals surface area (Å²) in [6.45, 7) is 8.06. The second-order valence-corrected chi connectivity index (χ2v) is 19.9. The summed E-state index contributed by atoms with van der Waals surface area (Å²) in [5, 5.41) is 0. The molecule has 1 saturated heterocycles. The lowest BCUT2D eigenvalue weighted by atomic mass is 9.85. The number of thiol groups is 1. The van der Waals surface area contributed by atoms with Gasteiger partial charge in [0.05, 0.1) is 17.7 Å². The van der Waals surface area contributed by atoms with Gasteiger partial charge in [-0.1, -0.05) is 213 Å². The number of hydrogen-bond donors (Lipinski definition) is 1. The van der Waals surface area contributed by atoms with Crippen molar-refractivity contribution in [3.8, 4) is 0 Å². The molecule has 9 heteroatoms. The lowest BCUT2D eigenvalue weighted by molar-refractivity contribution is -0.156. The highest BCUT2D eigenvalue weighted by Crippen LogP contribution is 2.69. The fourth-order valence-corrected chi connectivity index (χ4v) is 9.36. The molecule has 55 heavy (non-hydrogen) atoms. The van der Waals surface area contributed by atoms with Gasteiger partial charge in [0.25, 0.3) is 0 Å². The van der Waals surface area contributed by atoms with Crippen LogP contribution >= 0.6 is 19.4 Å². The maximum absolute atomic E-state index is 12.9. The van der Waals surface area contributed by atoms with Crippen molar-refractivity contribution in [2.24, 2.45) is 5.41 Å². The van der Waals surface area contributed by atoms with Crippen LogP contribution in [0.2, 0.25) is 0 Å². The maximum atomic E-state index is 12.9. The van der Waals surface area contributed by atoms with Crippen molar-refractivity contribution in [1.29, 1.82) is 0 Å². The van der Waals surface area contributed by atoms with Crippen molar-refractivity contribution in [2.45, 2.75) is 245 Å². The lowest BCUT2D eigenvalue weighted by Crippen LogP contribution is -2.39. The molecule has 0 N–H and O–H groups in total. The number of rotatable bonds is 42. The van der Waals surface area contributed by atoms with Crippen LogP contribution in [0.3, 0.4) is 0 Å². The molecule has 0 aromatic carbocycles. The third-order valence-corrected chi connectivity index (χ3v) is 13.7. The first-order valence-corrected chi connectivity index (χ1v) is 26.4. The Kier molecular flexibility index (Phi) is 36.2. The molecule has 0 saturated carbocycles. The molecule has 0 atom stereocenters. The van der Waals surface area contributed by atoms with Crippen molar-refractivity contribution in [2.75, 3.05) is 33.0 Å². The number of esters is 2. The third-order valence-electron chi connectivity index (χ3n) is 11.2. The zero-order valence-corrected chi connectivity index (χ0v) is 38.3. The predicted octanol–water partition coefficient (Wildman–Crippen LogP) is 15.4. The van der Waals surface area contributed by atoms with Gasteiger partial charge in [-0.05, 0) is 19.3 Å². The fourth-order valence-electron chi connectivity index (χ4n) is 7.42. The number of carbonyl (C=O) groups excluding carboxylic acids is 2. The van der Waals surface area contributed by atoms with Crippen molar-refractivity contribution in [3.63, 3.8) is 0 Å². The van der Waals surface area contributed by atoms with Crippen LogP contribution < -0.4 is 0 Å². The predicted molar refractivity (Wildman–Crippen MR) is 237 cm³/mol. The molecule has 326 valence electrons. The van der Waals surface area contributed by atoms with E-state index in [2.05, 4.69) is 33.0 Å². The largest absolute Gasteiger partial charge is 0.478 e. The molecular formula is C46H90O7PS+. The Morgan fingerprint density at radius 2 is 0.745 bits per heavy atom. The molecule has 1 fully saturated rings. The van der Waals surface area contributed by atoms with E-state index in [1.807, 2.05) is 0 Å². The van der Waals surface area contributed by atoms with Crippen molar-refractivity contribution in [3.05, 3.63) is 0 Å². The Morgan fingerprint density at radius 3 is 1.05 bits per heavy atom. The van der Waals surface area contributed by atoms with Gasteiger partial charge in [0.2, 0.25) is 0 Å². The number of ether oxygens (including phenoxy) is 2. The summed E-state index contributed by atoms with van der Waals surface area (Å²) < 4.78 is 29.3. The molecule has 0 amide bonds. The summed E-state index contributed by atoms with van der Waals surface area (Å²) in [6.07, 6.45) is 42.2. The Balaban J connectivity index is 2.33. The Hall–Kier alpha value is -0.400. The summed E-state index contributed by atoms with van der Waals surface area (Å²) in [7, 11) is -2.72. The van der Waals surface area contributed by atoms with Crippen LogP contribution in [0.25, 0.3) is 0 Å². The van der Waals surface area contributed by atoms with Gasteiger partial charge in [0.15, 0.2) is 0 Å². The summed E-state index contributed by atoms with van der Waals surface area (Å²) in [5.74, 6) is -0.383. The average Bonchev–Trinajstić information content (AvgIpc) is 3.63. The quantitative estimate of drug-likeness (QED) is 0.0284. The molecule has 0 aliphatic carbocycles. The Bertz CT molecular complexity index is 819. The topological polar surface area (TPSA) is 80.3 Å². The highest BCUT2D eigenvalue weighted by molar-refractivity contribution is 8.47. The van der Waals surface area contributed by atoms with Gasteiger partial charge < -0.3 is 9.47 Å². The van der Waals surface area contributed by atoms with E-state index in [1.54, 1.807) is 0 Å². The fraction of sp³-hybridized carbons (Fsp3) is 0.957. The molecule has 7 nitrogen and oxygen atoms in total. The Morgan fingerprint density at radius 1 is 0.455 bits per heavy atom. The lowest BCUT2D eigenvalue weighted by Gasteiger charge is -2.32. The highest BCUT2D eigenvalue weighted by Gasteiger charge is 2.49. The number of unbranched alkanes of at least 4 members (excludes halogenated alkanes) is 29. The first-order chi connectivity index (χ1) is 26.9. The van der Waals surface area contributed by atoms with E-state index in [1.165, 1.54) is 167 Å². The molecule has 0 radical (unpaired) electrons. The second kappa shape index (κ2) is 37.8. The van der Waals surface area contributed by atoms with Gasteiger partial charge in [-0.3, -0.25) is 9.59 Å². The van der Waals surface area contributed by atoms with E-state index in [-0.39, 0.29) is 31.8 Å². The van der Waals surface area contributed by atoms with Crippen molar-refractivity contribution in [1.82, 2.24) is 0 Å². The summed E-state index contributed by atoms with van der Waals surface area (Å²) in [5.41, 5.74) is -0.670. The first-order valence-electron chi connectivity index (χ1n) is 23.8. The van der Waals surface area contributed by atoms with Gasteiger partial charge in [-0.15, -0.1) is 0 Å². The van der Waals surface area contributed by atoms with E-state index in [4.69, 9.17) is 23.0 Å². The zero-order valence-electron chi connectivity index (χ0n) is 36.5. The maximum Gasteiger partial charge on any atom is 0.478 e. The summed E-state index contributed by atoms with van der Waals surface area (Å²) in [6, 6.07) is 0. The van der Waals surface area contributed by atoms with Crippen molar-refractivity contribution < 1.29 is 32.6 Å². The standard InChI is InChI=1S/C46H90O7PS/c1-4-7-10-12-14-16-18-20-22-24-26-28-30-32-34-36-44(47)49-41-46(38-9-6-3,43-53-54(55)51-39-40-52-54)42-50-45(48)37-35-33-31-29-27-25-23-21-19-17-15-13-11-8-5-2/h55H,4-43H2,1-3H3/q+1. The first kappa shape index (κ1) is 52.6. The van der Waals surface area contributed by atoms with E-state index in [9.17, 15) is 9.59 Å². The van der Waals surface area contributed by atoms with Gasteiger partial charge in [0, 0.05) is 12.8 Å². The molecule has 0 aromatic heterocycles. The minimum Gasteiger partial charge on any atom is -0.465 e. The summed E-state index contributed by atoms with van der Waals surface area (Å²) in [4.78, 5) is 25.8. The molecule has 1 aliphatic rings. The molecule has 1 heterocycles. The number of carbonyl (C=O) groups is 2. The SMILES string of the molecule is CCCCCCCCCCCCCCCCCC(=O)OCC(CCCC)(COC(=O)CCCCCCCCCCCCCCCCC)CO[P+]1(S)OCCO1. The third kappa shape index (κ3) is 32.2. The number of hydrogen-bond acceptors (Lipinski definition) is 8. The average molecular weight is 818 g/mol. The van der Waals surface area contributed by atoms with Gasteiger partial charge in [0.1, 0.15) is 33.0 Å². The monoisotopic (exact) mass is 818 g/mol. The molecule has 0 aromatic rings. The van der Waals surface area contributed by atoms with Gasteiger partial charge >= 0.3 is 19.1 Å². The normalized spacial score (nSPS) is 14.1. The van der Waals surface area contributed by atoms with Crippen LogP contribution in [-0.2, 0) is 32.6 Å². The second-order valence-electron chi connectivity index (χ2n) is 16.7. The molecule has 1 aliphatic heterocycles. The van der Waals surface area contributed by atoms with E-state index >= 15 is 0 Å². The molecule has 1 rings (SSSR count). The Labute approximate surface area is 346 Å². The minimum absolute atomic E-state index is 0.143. The van der Waals surface area contributed by atoms with Crippen molar-refractivity contribution >= 4 is 31.3 Å². The highest BCUT2D eigenvalue weighted by atomic mass is 32.7. The van der Waals surface area contributed by atoms with Crippen LogP contribution in [0.15, 0.2) is 0 Å². The van der Waals surface area contributed by atoms with E-state index in [0.29, 0.717) is 32.5 Å². The minimum atomic E-state index is -2.72. The van der Waals surface area contributed by atoms with Crippen LogP contribution in [-0.4, -0.2) is 45.0 Å². The molecule has 0 bridgehead atoms. The van der Waals surface area contributed by atoms with E-state index < -0.39 is 12.6 Å². The molecular weight excluding hydrogens is 728 g/mol. The molecule has 0 unspecified atom stereocenters. The smallest absolute Gasteiger partial charge is 0.465 e. The van der Waals surface area contributed by atoms with Gasteiger partial charge in [-0.25, -0.2) is 0 Å². The van der Waals surface area contributed by atoms with E-state index in [0.717, 1.165) is 38.5 Å². The van der Waals surface area contributed by atoms with Crippen LogP contribution in [0, 0.1) is 5.41 Å². The van der Waals surface area contributed by atoms with Crippen LogP contribution in [0.5, 0.6) is 0 Å². The van der Waals surface area contributed by atoms with Gasteiger partial charge in [-0.2, -0.15) is 13.6 Å².